The SMILES string of the molecule is CC(C)(C)c1ccc2c3ccc(Oc4[c-]c5c(cc4)c4cccc(C(C)(C)C)c4n4ccnc54)[c-]c3c3nccn3c2c1.[Pt+2]. The molecule has 0 spiro atoms. The van der Waals surface area contributed by atoms with Gasteiger partial charge in [0.2, 0.25) is 0 Å². The van der Waals surface area contributed by atoms with Crippen molar-refractivity contribution < 1.29 is 25.8 Å². The Morgan fingerprint density at radius 2 is 1.23 bits per heavy atom. The van der Waals surface area contributed by atoms with E-state index in [1.807, 2.05) is 36.9 Å². The Balaban J connectivity index is 0.00000312. The molecule has 0 bridgehead atoms. The number of imidazole rings is 2. The van der Waals surface area contributed by atoms with E-state index in [9.17, 15) is 0 Å². The maximum Gasteiger partial charge on any atom is 2.00 e. The summed E-state index contributed by atoms with van der Waals surface area (Å²) >= 11 is 0. The van der Waals surface area contributed by atoms with Gasteiger partial charge in [-0.15, -0.1) is 12.1 Å². The van der Waals surface area contributed by atoms with Gasteiger partial charge in [0.05, 0.1) is 11.3 Å². The van der Waals surface area contributed by atoms with Crippen molar-refractivity contribution in [3.63, 3.8) is 0 Å². The molecule has 44 heavy (non-hydrogen) atoms. The van der Waals surface area contributed by atoms with Crippen LogP contribution in [0.25, 0.3) is 54.6 Å². The zero-order valence-electron chi connectivity index (χ0n) is 25.6. The molecule has 4 heterocycles. The smallest absolute Gasteiger partial charge is 0.497 e. The van der Waals surface area contributed by atoms with Crippen molar-refractivity contribution in [2.45, 2.75) is 52.4 Å². The number of fused-ring (bicyclic) bond motifs is 12. The first-order valence-electron chi connectivity index (χ1n) is 14.8. The molecule has 220 valence electrons. The number of pyridine rings is 2. The van der Waals surface area contributed by atoms with Gasteiger partial charge in [-0.1, -0.05) is 118 Å². The van der Waals surface area contributed by atoms with Gasteiger partial charge in [-0.2, -0.15) is 0 Å². The molecule has 0 aliphatic heterocycles. The molecule has 8 rings (SSSR count). The van der Waals surface area contributed by atoms with E-state index in [1.54, 1.807) is 0 Å². The van der Waals surface area contributed by atoms with Crippen molar-refractivity contribution >= 4 is 54.6 Å². The molecule has 0 saturated carbocycles. The molecule has 0 unspecified atom stereocenters. The van der Waals surface area contributed by atoms with E-state index in [-0.39, 0.29) is 31.9 Å². The van der Waals surface area contributed by atoms with Crippen molar-refractivity contribution in [1.82, 2.24) is 18.8 Å². The van der Waals surface area contributed by atoms with Gasteiger partial charge >= 0.3 is 21.1 Å². The number of hydrogen-bond acceptors (Lipinski definition) is 3. The Hall–Kier alpha value is -4.21. The van der Waals surface area contributed by atoms with Crippen LogP contribution >= 0.6 is 0 Å². The largest absolute Gasteiger partial charge is 2.00 e. The van der Waals surface area contributed by atoms with Gasteiger partial charge < -0.3 is 13.5 Å². The summed E-state index contributed by atoms with van der Waals surface area (Å²) < 4.78 is 10.8. The van der Waals surface area contributed by atoms with Gasteiger partial charge in [0.1, 0.15) is 0 Å². The second kappa shape index (κ2) is 9.90. The summed E-state index contributed by atoms with van der Waals surface area (Å²) in [7, 11) is 0. The number of rotatable bonds is 2. The van der Waals surface area contributed by atoms with E-state index in [2.05, 4.69) is 111 Å². The fourth-order valence-electron chi connectivity index (χ4n) is 6.39. The predicted octanol–water partition coefficient (Wildman–Crippen LogP) is 9.58. The molecule has 0 aliphatic rings. The van der Waals surface area contributed by atoms with Gasteiger partial charge in [-0.05, 0) is 38.8 Å². The van der Waals surface area contributed by atoms with Crippen LogP contribution < -0.4 is 4.74 Å². The third-order valence-electron chi connectivity index (χ3n) is 8.58. The van der Waals surface area contributed by atoms with E-state index >= 15 is 0 Å². The summed E-state index contributed by atoms with van der Waals surface area (Å²) in [5.41, 5.74) is 6.68. The molecule has 6 heteroatoms. The average Bonchev–Trinajstić information content (AvgIpc) is 3.67. The molecule has 8 aromatic rings. The molecule has 5 nitrogen and oxygen atoms in total. The Labute approximate surface area is 270 Å². The van der Waals surface area contributed by atoms with Gasteiger partial charge in [0, 0.05) is 47.3 Å². The molecule has 4 aromatic carbocycles. The topological polar surface area (TPSA) is 43.8 Å². The van der Waals surface area contributed by atoms with E-state index in [0.29, 0.717) is 11.5 Å². The van der Waals surface area contributed by atoms with E-state index < -0.39 is 0 Å². The average molecular weight is 756 g/mol. The maximum absolute atomic E-state index is 6.43. The van der Waals surface area contributed by atoms with Crippen molar-refractivity contribution in [3.8, 4) is 11.5 Å². The summed E-state index contributed by atoms with van der Waals surface area (Å²) in [6.07, 6.45) is 7.76. The number of benzene rings is 4. The Kier molecular flexibility index (Phi) is 6.43. The summed E-state index contributed by atoms with van der Waals surface area (Å²) in [5, 5.41) is 6.40. The van der Waals surface area contributed by atoms with Gasteiger partial charge in [-0.25, -0.2) is 0 Å². The van der Waals surface area contributed by atoms with Crippen LogP contribution in [0.1, 0.15) is 52.7 Å². The fraction of sp³-hybridized carbons (Fsp3) is 0.211. The number of aromatic nitrogens is 4. The minimum atomic E-state index is -0.0104. The van der Waals surface area contributed by atoms with Crippen molar-refractivity contribution in [3.05, 3.63) is 109 Å². The molecule has 0 amide bonds. The Bertz CT molecular complexity index is 2400. The summed E-state index contributed by atoms with van der Waals surface area (Å²) in [6, 6.07) is 28.5. The van der Waals surface area contributed by atoms with E-state index in [4.69, 9.17) is 14.7 Å². The van der Waals surface area contributed by atoms with Crippen LogP contribution in [-0.2, 0) is 31.9 Å². The van der Waals surface area contributed by atoms with E-state index in [0.717, 1.165) is 43.7 Å². The standard InChI is InChI=1S/C38H32N4O.Pt/c1-37(2,3)23-10-13-28-26-14-11-24(21-30(26)35-39-16-18-41(35)33(28)20-23)43-25-12-15-27-29-8-7-9-32(38(4,5)6)34(29)42-19-17-40-36(42)31(27)22-25;/h7-20H,1-6H3;/q-2;+2. The first-order valence-corrected chi connectivity index (χ1v) is 14.8. The maximum atomic E-state index is 6.43. The number of ether oxygens (including phenoxy) is 1. The minimum Gasteiger partial charge on any atom is -0.497 e. The first kappa shape index (κ1) is 28.6. The number of hydrogen-bond donors (Lipinski definition) is 0. The molecule has 0 radical (unpaired) electrons. The van der Waals surface area contributed by atoms with Crippen molar-refractivity contribution in [2.75, 3.05) is 0 Å². The van der Waals surface area contributed by atoms with Gasteiger partial charge in [0.25, 0.3) is 0 Å². The van der Waals surface area contributed by atoms with Crippen LogP contribution in [0.2, 0.25) is 0 Å². The molecular formula is C38H32N4OPt. The van der Waals surface area contributed by atoms with Crippen LogP contribution in [0.5, 0.6) is 11.5 Å². The zero-order chi connectivity index (χ0) is 29.7. The van der Waals surface area contributed by atoms with Crippen molar-refractivity contribution in [2.24, 2.45) is 0 Å². The third-order valence-corrected chi connectivity index (χ3v) is 8.58. The normalized spacial score (nSPS) is 12.6. The van der Waals surface area contributed by atoms with Crippen LogP contribution in [-0.4, -0.2) is 18.8 Å². The van der Waals surface area contributed by atoms with E-state index in [1.165, 1.54) is 22.0 Å². The molecule has 0 atom stereocenters. The summed E-state index contributed by atoms with van der Waals surface area (Å²) in [4.78, 5) is 9.46. The summed E-state index contributed by atoms with van der Waals surface area (Å²) in [5.74, 6) is 1.24. The second-order valence-electron chi connectivity index (χ2n) is 13.5. The van der Waals surface area contributed by atoms with Crippen LogP contribution in [0.15, 0.2) is 85.5 Å². The molecule has 0 N–H and O–H groups in total. The number of para-hydroxylation sites is 1. The second-order valence-corrected chi connectivity index (χ2v) is 13.5. The number of nitrogens with zero attached hydrogens (tertiary/aromatic N) is 4. The van der Waals surface area contributed by atoms with Crippen molar-refractivity contribution in [1.29, 1.82) is 0 Å². The predicted molar refractivity (Wildman–Crippen MR) is 176 cm³/mol. The minimum absolute atomic E-state index is 0. The van der Waals surface area contributed by atoms with Crippen LogP contribution in [0.4, 0.5) is 0 Å². The molecule has 4 aromatic heterocycles. The first-order chi connectivity index (χ1) is 20.6. The van der Waals surface area contributed by atoms with Crippen LogP contribution in [0, 0.1) is 12.1 Å². The zero-order valence-corrected chi connectivity index (χ0v) is 27.9. The van der Waals surface area contributed by atoms with Crippen LogP contribution in [0.3, 0.4) is 0 Å². The summed E-state index contributed by atoms with van der Waals surface area (Å²) in [6.45, 7) is 13.5. The molecular weight excluding hydrogens is 724 g/mol. The van der Waals surface area contributed by atoms with Gasteiger partial charge in [0.15, 0.2) is 0 Å². The third kappa shape index (κ3) is 4.32. The Morgan fingerprint density at radius 3 is 1.86 bits per heavy atom. The molecule has 0 saturated heterocycles. The molecule has 0 aliphatic carbocycles. The molecule has 0 fully saturated rings. The van der Waals surface area contributed by atoms with Gasteiger partial charge in [-0.3, -0.25) is 9.97 Å². The fourth-order valence-corrected chi connectivity index (χ4v) is 6.39. The monoisotopic (exact) mass is 755 g/mol. The Morgan fingerprint density at radius 1 is 0.636 bits per heavy atom. The quantitative estimate of drug-likeness (QED) is 0.131.